The predicted octanol–water partition coefficient (Wildman–Crippen LogP) is 3.16. The maximum Gasteiger partial charge on any atom is 0.0816 e. The van der Waals surface area contributed by atoms with Crippen LogP contribution in [0.4, 0.5) is 0 Å². The van der Waals surface area contributed by atoms with Crippen LogP contribution >= 0.6 is 23.2 Å². The summed E-state index contributed by atoms with van der Waals surface area (Å²) in [6, 6.07) is 7.27. The fourth-order valence-electron chi connectivity index (χ4n) is 1.33. The standard InChI is InChI=1S/C11H11Cl2NO/c1-11(7-14,4-5-15)8-2-3-9(12)10(13)6-8/h2-3,6,15H,4-5H2,1H3. The third-order valence-electron chi connectivity index (χ3n) is 2.42. The van der Waals surface area contributed by atoms with Gasteiger partial charge in [0.15, 0.2) is 0 Å². The molecule has 0 aliphatic carbocycles. The summed E-state index contributed by atoms with van der Waals surface area (Å²) in [6.45, 7) is 1.73. The molecule has 15 heavy (non-hydrogen) atoms. The number of aliphatic hydroxyl groups excluding tert-OH is 1. The second-order valence-corrected chi connectivity index (χ2v) is 4.36. The van der Waals surface area contributed by atoms with Gasteiger partial charge in [-0.3, -0.25) is 0 Å². The van der Waals surface area contributed by atoms with E-state index in [0.29, 0.717) is 16.5 Å². The van der Waals surface area contributed by atoms with E-state index in [1.165, 1.54) is 0 Å². The molecule has 1 aromatic rings. The molecule has 1 aromatic carbocycles. The highest BCUT2D eigenvalue weighted by Gasteiger charge is 2.26. The first-order valence-corrected chi connectivity index (χ1v) is 5.27. The van der Waals surface area contributed by atoms with Gasteiger partial charge < -0.3 is 5.11 Å². The van der Waals surface area contributed by atoms with E-state index in [-0.39, 0.29) is 6.61 Å². The summed E-state index contributed by atoms with van der Waals surface area (Å²) in [5.74, 6) is 0. The number of benzene rings is 1. The van der Waals surface area contributed by atoms with Crippen molar-refractivity contribution in [2.45, 2.75) is 18.8 Å². The molecule has 0 spiro atoms. The molecule has 0 fully saturated rings. The lowest BCUT2D eigenvalue weighted by Gasteiger charge is -2.21. The lowest BCUT2D eigenvalue weighted by Crippen LogP contribution is -2.21. The first-order chi connectivity index (χ1) is 7.03. The van der Waals surface area contributed by atoms with Crippen molar-refractivity contribution in [3.05, 3.63) is 33.8 Å². The highest BCUT2D eigenvalue weighted by atomic mass is 35.5. The zero-order valence-electron chi connectivity index (χ0n) is 8.30. The molecular weight excluding hydrogens is 233 g/mol. The number of aliphatic hydroxyl groups is 1. The Morgan fingerprint density at radius 3 is 2.53 bits per heavy atom. The molecule has 0 radical (unpaired) electrons. The van der Waals surface area contributed by atoms with Crippen molar-refractivity contribution in [1.82, 2.24) is 0 Å². The van der Waals surface area contributed by atoms with Crippen molar-refractivity contribution in [3.63, 3.8) is 0 Å². The van der Waals surface area contributed by atoms with Crippen LogP contribution < -0.4 is 0 Å². The van der Waals surface area contributed by atoms with E-state index in [1.54, 1.807) is 25.1 Å². The third-order valence-corrected chi connectivity index (χ3v) is 3.15. The summed E-state index contributed by atoms with van der Waals surface area (Å²) < 4.78 is 0. The number of halogens is 2. The van der Waals surface area contributed by atoms with Crippen molar-refractivity contribution >= 4 is 23.2 Å². The minimum Gasteiger partial charge on any atom is -0.396 e. The molecule has 1 atom stereocenters. The smallest absolute Gasteiger partial charge is 0.0816 e. The molecule has 0 saturated heterocycles. The Bertz CT molecular complexity index is 400. The molecular formula is C11H11Cl2NO. The summed E-state index contributed by atoms with van der Waals surface area (Å²) >= 11 is 11.7. The highest BCUT2D eigenvalue weighted by Crippen LogP contribution is 2.31. The summed E-state index contributed by atoms with van der Waals surface area (Å²) in [6.07, 6.45) is 0.376. The largest absolute Gasteiger partial charge is 0.396 e. The Balaban J connectivity index is 3.14. The van der Waals surface area contributed by atoms with Gasteiger partial charge in [-0.25, -0.2) is 0 Å². The van der Waals surface area contributed by atoms with Crippen molar-refractivity contribution in [2.24, 2.45) is 0 Å². The Kier molecular flexibility index (Phi) is 3.98. The van der Waals surface area contributed by atoms with E-state index in [0.717, 1.165) is 5.56 Å². The van der Waals surface area contributed by atoms with E-state index in [2.05, 4.69) is 6.07 Å². The first-order valence-electron chi connectivity index (χ1n) is 4.51. The molecule has 0 amide bonds. The monoisotopic (exact) mass is 243 g/mol. The molecule has 80 valence electrons. The summed E-state index contributed by atoms with van der Waals surface area (Å²) in [5.41, 5.74) is 0.0524. The van der Waals surface area contributed by atoms with Gasteiger partial charge in [-0.1, -0.05) is 29.3 Å². The van der Waals surface area contributed by atoms with Crippen LogP contribution in [-0.2, 0) is 5.41 Å². The van der Waals surface area contributed by atoms with Crippen LogP contribution in [0.1, 0.15) is 18.9 Å². The molecule has 0 aromatic heterocycles. The highest BCUT2D eigenvalue weighted by molar-refractivity contribution is 6.42. The second-order valence-electron chi connectivity index (χ2n) is 3.55. The van der Waals surface area contributed by atoms with Crippen LogP contribution in [-0.4, -0.2) is 11.7 Å². The van der Waals surface area contributed by atoms with E-state index in [9.17, 15) is 0 Å². The minimum atomic E-state index is -0.719. The van der Waals surface area contributed by atoms with Crippen LogP contribution in [0.5, 0.6) is 0 Å². The summed E-state index contributed by atoms with van der Waals surface area (Å²) in [4.78, 5) is 0. The topological polar surface area (TPSA) is 44.0 Å². The molecule has 0 heterocycles. The maximum absolute atomic E-state index is 9.09. The van der Waals surface area contributed by atoms with Crippen LogP contribution in [0.3, 0.4) is 0 Å². The Labute approximate surface area is 99.0 Å². The van der Waals surface area contributed by atoms with Crippen molar-refractivity contribution in [2.75, 3.05) is 6.61 Å². The van der Waals surface area contributed by atoms with Crippen LogP contribution in [0.15, 0.2) is 18.2 Å². The van der Waals surface area contributed by atoms with Gasteiger partial charge in [-0.15, -0.1) is 0 Å². The summed E-state index contributed by atoms with van der Waals surface area (Å²) in [7, 11) is 0. The van der Waals surface area contributed by atoms with Gasteiger partial charge in [0, 0.05) is 6.61 Å². The average Bonchev–Trinajstić information content (AvgIpc) is 2.22. The maximum atomic E-state index is 9.09. The average molecular weight is 244 g/mol. The summed E-state index contributed by atoms with van der Waals surface area (Å²) in [5, 5.41) is 18.9. The molecule has 0 bridgehead atoms. The second kappa shape index (κ2) is 4.85. The van der Waals surface area contributed by atoms with E-state index in [1.807, 2.05) is 0 Å². The molecule has 0 aliphatic rings. The molecule has 1 N–H and O–H groups in total. The van der Waals surface area contributed by atoms with Crippen molar-refractivity contribution in [3.8, 4) is 6.07 Å². The van der Waals surface area contributed by atoms with Gasteiger partial charge in [-0.2, -0.15) is 5.26 Å². The Morgan fingerprint density at radius 1 is 1.40 bits per heavy atom. The van der Waals surface area contributed by atoms with Gasteiger partial charge in [0.25, 0.3) is 0 Å². The van der Waals surface area contributed by atoms with E-state index in [4.69, 9.17) is 33.6 Å². The molecule has 1 rings (SSSR count). The fraction of sp³-hybridized carbons (Fsp3) is 0.364. The Hall–Kier alpha value is -0.750. The van der Waals surface area contributed by atoms with Gasteiger partial charge in [0.05, 0.1) is 21.5 Å². The van der Waals surface area contributed by atoms with Crippen LogP contribution in [0.25, 0.3) is 0 Å². The molecule has 4 heteroatoms. The fourth-order valence-corrected chi connectivity index (χ4v) is 1.63. The van der Waals surface area contributed by atoms with Gasteiger partial charge in [0.1, 0.15) is 0 Å². The SMILES string of the molecule is CC(C#N)(CCO)c1ccc(Cl)c(Cl)c1. The minimum absolute atomic E-state index is 0.0374. The van der Waals surface area contributed by atoms with E-state index >= 15 is 0 Å². The van der Waals surface area contributed by atoms with Gasteiger partial charge in [-0.05, 0) is 31.0 Å². The number of hydrogen-bond acceptors (Lipinski definition) is 2. The first kappa shape index (κ1) is 12.3. The van der Waals surface area contributed by atoms with Crippen molar-refractivity contribution < 1.29 is 5.11 Å². The molecule has 2 nitrogen and oxygen atoms in total. The van der Waals surface area contributed by atoms with Crippen LogP contribution in [0, 0.1) is 11.3 Å². The Morgan fingerprint density at radius 2 is 2.07 bits per heavy atom. The van der Waals surface area contributed by atoms with Crippen LogP contribution in [0.2, 0.25) is 10.0 Å². The van der Waals surface area contributed by atoms with Gasteiger partial charge in [0.2, 0.25) is 0 Å². The van der Waals surface area contributed by atoms with Gasteiger partial charge >= 0.3 is 0 Å². The zero-order valence-corrected chi connectivity index (χ0v) is 9.81. The normalized spacial score (nSPS) is 14.3. The lowest BCUT2D eigenvalue weighted by molar-refractivity contribution is 0.264. The molecule has 1 unspecified atom stereocenters. The molecule has 0 saturated carbocycles. The van der Waals surface area contributed by atoms with E-state index < -0.39 is 5.41 Å². The number of hydrogen-bond donors (Lipinski definition) is 1. The number of nitriles is 1. The quantitative estimate of drug-likeness (QED) is 0.887. The molecule has 0 aliphatic heterocycles. The number of rotatable bonds is 3. The predicted molar refractivity (Wildman–Crippen MR) is 61.1 cm³/mol. The van der Waals surface area contributed by atoms with Crippen molar-refractivity contribution in [1.29, 1.82) is 5.26 Å². The third kappa shape index (κ3) is 2.63. The lowest BCUT2D eigenvalue weighted by atomic mass is 9.81. The zero-order chi connectivity index (χ0) is 11.5. The number of nitrogens with zero attached hydrogens (tertiary/aromatic N) is 1.